The van der Waals surface area contributed by atoms with Crippen molar-refractivity contribution in [3.8, 4) is 22.3 Å². The van der Waals surface area contributed by atoms with Crippen molar-refractivity contribution in [3.63, 3.8) is 0 Å². The number of nitrogens with one attached hydrogen (secondary N) is 1. The van der Waals surface area contributed by atoms with E-state index in [1.54, 1.807) is 6.20 Å². The van der Waals surface area contributed by atoms with Crippen LogP contribution in [0.25, 0.3) is 22.3 Å². The molecule has 0 amide bonds. The van der Waals surface area contributed by atoms with E-state index in [0.29, 0.717) is 12.0 Å². The molecule has 0 fully saturated rings. The lowest BCUT2D eigenvalue weighted by Gasteiger charge is -2.25. The first-order chi connectivity index (χ1) is 12.8. The minimum Gasteiger partial charge on any atom is -0.378 e. The van der Waals surface area contributed by atoms with Gasteiger partial charge in [0.05, 0.1) is 5.44 Å². The van der Waals surface area contributed by atoms with Crippen LogP contribution < -0.4 is 16.1 Å². The third kappa shape index (κ3) is 2.07. The zero-order chi connectivity index (χ0) is 17.6. The minimum absolute atomic E-state index is 0.659. The highest BCUT2D eigenvalue weighted by Gasteiger charge is 2.40. The number of fused-ring (bicyclic) bond motifs is 5. The number of nitrogens with zero attached hydrogens (tertiary/aromatic N) is 1. The Morgan fingerprint density at radius 3 is 2.31 bits per heavy atom. The monoisotopic (exact) mass is 356 g/mol. The van der Waals surface area contributed by atoms with Crippen LogP contribution in [0.3, 0.4) is 0 Å². The van der Waals surface area contributed by atoms with Gasteiger partial charge in [-0.15, -0.1) is 0 Å². The van der Waals surface area contributed by atoms with E-state index in [0.717, 1.165) is 33.0 Å². The molecule has 4 heteroatoms. The minimum atomic E-state index is -3.11. The molecule has 1 unspecified atom stereocenters. The van der Waals surface area contributed by atoms with Crippen LogP contribution in [0.5, 0.6) is 0 Å². The summed E-state index contributed by atoms with van der Waals surface area (Å²) >= 11 is 0. The van der Waals surface area contributed by atoms with Crippen molar-refractivity contribution >= 4 is 17.9 Å². The average molecular weight is 356 g/mol. The lowest BCUT2D eigenvalue weighted by atomic mass is 9.96. The maximum Gasteiger partial charge on any atom is 0.204 e. The Kier molecular flexibility index (Phi) is 3.44. The number of dihydropyridines is 1. The van der Waals surface area contributed by atoms with Gasteiger partial charge in [0.15, 0.2) is 0 Å². The Balaban J connectivity index is 1.97. The van der Waals surface area contributed by atoms with Gasteiger partial charge in [-0.2, -0.15) is 0 Å². The summed E-state index contributed by atoms with van der Waals surface area (Å²) in [6, 6.07) is 20.2. The second-order valence-corrected chi connectivity index (χ2v) is 9.01. The Labute approximate surface area is 152 Å². The predicted molar refractivity (Wildman–Crippen MR) is 107 cm³/mol. The fourth-order valence-corrected chi connectivity index (χ4v) is 6.73. The molecule has 0 spiro atoms. The van der Waals surface area contributed by atoms with E-state index in [9.17, 15) is 4.57 Å². The standard InChI is InChI=1S/C22H17N2OP/c25-26(21-13-5-6-14-23-21)20-12-4-3-10-18(20)16-8-1-2-9-17(16)19-11-7-15-24-22(19)26/h1-13,15,23H,14H2. The fraction of sp³-hybridized carbons (Fsp3) is 0.0455. The van der Waals surface area contributed by atoms with Crippen LogP contribution in [0.2, 0.25) is 0 Å². The van der Waals surface area contributed by atoms with E-state index < -0.39 is 7.14 Å². The third-order valence-corrected chi connectivity index (χ3v) is 7.97. The van der Waals surface area contributed by atoms with Crippen LogP contribution >= 0.6 is 7.14 Å². The smallest absolute Gasteiger partial charge is 0.204 e. The SMILES string of the molecule is O=P1(C2=CC=CCN2)c2ccccc2-c2ccccc2-c2cccnc21. The van der Waals surface area contributed by atoms with Crippen LogP contribution in [0.1, 0.15) is 0 Å². The fourth-order valence-electron chi connectivity index (χ4n) is 3.81. The van der Waals surface area contributed by atoms with Gasteiger partial charge >= 0.3 is 0 Å². The highest BCUT2D eigenvalue weighted by Crippen LogP contribution is 2.56. The van der Waals surface area contributed by atoms with E-state index in [4.69, 9.17) is 0 Å². The van der Waals surface area contributed by atoms with E-state index in [2.05, 4.69) is 28.5 Å². The average Bonchev–Trinajstić information content (AvgIpc) is 2.82. The summed E-state index contributed by atoms with van der Waals surface area (Å²) in [6.45, 7) is 0.674. The number of benzene rings is 2. The Morgan fingerprint density at radius 1 is 0.846 bits per heavy atom. The first-order valence-corrected chi connectivity index (χ1v) is 10.4. The van der Waals surface area contributed by atoms with Crippen LogP contribution in [0.4, 0.5) is 0 Å². The molecular weight excluding hydrogens is 339 g/mol. The Morgan fingerprint density at radius 2 is 1.54 bits per heavy atom. The van der Waals surface area contributed by atoms with Crippen LogP contribution in [0.15, 0.2) is 90.5 Å². The maximum absolute atomic E-state index is 14.7. The molecule has 1 atom stereocenters. The molecule has 0 saturated carbocycles. The molecule has 26 heavy (non-hydrogen) atoms. The van der Waals surface area contributed by atoms with Crippen molar-refractivity contribution in [2.24, 2.45) is 0 Å². The van der Waals surface area contributed by atoms with Crippen molar-refractivity contribution in [3.05, 3.63) is 90.5 Å². The number of hydrogen-bond donors (Lipinski definition) is 1. The molecule has 2 aromatic carbocycles. The lowest BCUT2D eigenvalue weighted by Crippen LogP contribution is -2.28. The van der Waals surface area contributed by atoms with Gasteiger partial charge in [-0.05, 0) is 28.8 Å². The van der Waals surface area contributed by atoms with Crippen molar-refractivity contribution in [2.75, 3.05) is 6.54 Å². The van der Waals surface area contributed by atoms with Crippen LogP contribution in [0, 0.1) is 0 Å². The van der Waals surface area contributed by atoms with Gasteiger partial charge in [-0.25, -0.2) is 0 Å². The molecule has 0 bridgehead atoms. The summed E-state index contributed by atoms with van der Waals surface area (Å²) in [5, 5.41) is 4.18. The molecule has 126 valence electrons. The molecule has 1 aromatic heterocycles. The number of rotatable bonds is 1. The van der Waals surface area contributed by atoms with Crippen molar-refractivity contribution < 1.29 is 4.57 Å². The summed E-state index contributed by atoms with van der Waals surface area (Å²) in [5.41, 5.74) is 5.54. The summed E-state index contributed by atoms with van der Waals surface area (Å²) in [7, 11) is -3.11. The summed E-state index contributed by atoms with van der Waals surface area (Å²) < 4.78 is 14.7. The van der Waals surface area contributed by atoms with Gasteiger partial charge in [0, 0.05) is 23.6 Å². The number of hydrogen-bond acceptors (Lipinski definition) is 3. The normalized spacial score (nSPS) is 20.1. The van der Waals surface area contributed by atoms with E-state index in [1.165, 1.54) is 0 Å². The molecule has 5 rings (SSSR count). The van der Waals surface area contributed by atoms with Crippen LogP contribution in [-0.4, -0.2) is 11.5 Å². The van der Waals surface area contributed by atoms with Crippen molar-refractivity contribution in [1.29, 1.82) is 0 Å². The summed E-state index contributed by atoms with van der Waals surface area (Å²) in [4.78, 5) is 4.64. The van der Waals surface area contributed by atoms with Crippen molar-refractivity contribution in [2.45, 2.75) is 0 Å². The zero-order valence-corrected chi connectivity index (χ0v) is 15.0. The summed E-state index contributed by atoms with van der Waals surface area (Å²) in [5.74, 6) is 0. The lowest BCUT2D eigenvalue weighted by molar-refractivity contribution is 0.588. The van der Waals surface area contributed by atoms with E-state index in [1.807, 2.05) is 60.7 Å². The Bertz CT molecular complexity index is 1060. The number of pyridine rings is 1. The Hall–Kier alpha value is -2.90. The van der Waals surface area contributed by atoms with Gasteiger partial charge in [0.25, 0.3) is 0 Å². The highest BCUT2D eigenvalue weighted by molar-refractivity contribution is 7.82. The second kappa shape index (κ2) is 5.82. The van der Waals surface area contributed by atoms with Gasteiger partial charge in [0.2, 0.25) is 7.14 Å². The van der Waals surface area contributed by atoms with Gasteiger partial charge in [0.1, 0.15) is 5.44 Å². The molecule has 0 radical (unpaired) electrons. The quantitative estimate of drug-likeness (QED) is 0.669. The topological polar surface area (TPSA) is 42.0 Å². The zero-order valence-electron chi connectivity index (χ0n) is 14.1. The van der Waals surface area contributed by atoms with E-state index >= 15 is 0 Å². The number of allylic oxidation sites excluding steroid dienone is 2. The van der Waals surface area contributed by atoms with Gasteiger partial charge < -0.3 is 9.88 Å². The van der Waals surface area contributed by atoms with Crippen LogP contribution in [-0.2, 0) is 4.57 Å². The largest absolute Gasteiger partial charge is 0.378 e. The highest BCUT2D eigenvalue weighted by atomic mass is 31.2. The van der Waals surface area contributed by atoms with Gasteiger partial charge in [-0.3, -0.25) is 4.98 Å². The van der Waals surface area contributed by atoms with Crippen molar-refractivity contribution in [1.82, 2.24) is 10.3 Å². The molecule has 0 aliphatic carbocycles. The molecule has 0 saturated heterocycles. The number of aromatic nitrogens is 1. The molecular formula is C22H17N2OP. The molecule has 3 aromatic rings. The van der Waals surface area contributed by atoms with Gasteiger partial charge in [-0.1, -0.05) is 66.7 Å². The van der Waals surface area contributed by atoms with E-state index in [-0.39, 0.29) is 0 Å². The first kappa shape index (κ1) is 15.4. The maximum atomic E-state index is 14.7. The first-order valence-electron chi connectivity index (χ1n) is 8.66. The molecule has 3 nitrogen and oxygen atoms in total. The molecule has 3 heterocycles. The molecule has 1 N–H and O–H groups in total. The molecule has 2 aliphatic rings. The molecule has 2 aliphatic heterocycles. The second-order valence-electron chi connectivity index (χ2n) is 6.41. The summed E-state index contributed by atoms with van der Waals surface area (Å²) in [6.07, 6.45) is 7.65. The predicted octanol–water partition coefficient (Wildman–Crippen LogP) is 4.04. The third-order valence-electron chi connectivity index (χ3n) is 4.97.